The summed E-state index contributed by atoms with van der Waals surface area (Å²) in [6.07, 6.45) is -1.53. The molecule has 3 amide bonds. The summed E-state index contributed by atoms with van der Waals surface area (Å²) in [4.78, 5) is 35.6. The van der Waals surface area contributed by atoms with Gasteiger partial charge in [-0.15, -0.1) is 0 Å². The highest BCUT2D eigenvalue weighted by Gasteiger charge is 2.23. The Morgan fingerprint density at radius 1 is 0.962 bits per heavy atom. The Bertz CT molecular complexity index is 822. The number of rotatable bonds is 4. The molecule has 0 saturated carbocycles. The molecule has 0 atom stereocenters. The van der Waals surface area contributed by atoms with Crippen molar-refractivity contribution in [3.63, 3.8) is 0 Å². The van der Waals surface area contributed by atoms with Gasteiger partial charge in [0.1, 0.15) is 0 Å². The van der Waals surface area contributed by atoms with Crippen LogP contribution in [0.3, 0.4) is 0 Å². The van der Waals surface area contributed by atoms with Crippen LogP contribution in [0.2, 0.25) is 0 Å². The Morgan fingerprint density at radius 2 is 1.62 bits per heavy atom. The predicted molar refractivity (Wildman–Crippen MR) is 97.9 cm³/mol. The summed E-state index contributed by atoms with van der Waals surface area (Å²) in [5.74, 6) is -0.213. The summed E-state index contributed by atoms with van der Waals surface area (Å²) in [5, 5.41) is 5.08. The quantitative estimate of drug-likeness (QED) is 0.815. The number of carbonyl (C=O) groups is 3. The average molecular weight is 359 g/mol. The molecule has 2 rings (SSSR count). The first-order valence-corrected chi connectivity index (χ1v) is 8.17. The van der Waals surface area contributed by atoms with Gasteiger partial charge in [-0.2, -0.15) is 5.01 Å². The molecule has 8 heteroatoms. The summed E-state index contributed by atoms with van der Waals surface area (Å²) >= 11 is 0. The number of anilines is 2. The number of hydrogen-bond donors (Lipinski definition) is 2. The van der Waals surface area contributed by atoms with Crippen molar-refractivity contribution in [2.45, 2.75) is 20.8 Å². The third-order valence-electron chi connectivity index (χ3n) is 3.38. The first-order valence-electron chi connectivity index (χ1n) is 8.17. The smallest absolute Gasteiger partial charge is 0.433 e. The van der Waals surface area contributed by atoms with Crippen molar-refractivity contribution < 1.29 is 23.9 Å². The zero-order valence-corrected chi connectivity index (χ0v) is 14.9. The van der Waals surface area contributed by atoms with Crippen LogP contribution in [0.25, 0.3) is 10.8 Å². The third-order valence-corrected chi connectivity index (χ3v) is 3.38. The van der Waals surface area contributed by atoms with Crippen LogP contribution < -0.4 is 15.8 Å². The minimum Gasteiger partial charge on any atom is -0.449 e. The molecule has 0 aliphatic heterocycles. The van der Waals surface area contributed by atoms with Gasteiger partial charge in [0.15, 0.2) is 0 Å². The number of fused-ring (bicyclic) bond motifs is 1. The van der Waals surface area contributed by atoms with Crippen molar-refractivity contribution in [3.05, 3.63) is 36.4 Å². The van der Waals surface area contributed by atoms with Crippen molar-refractivity contribution in [1.82, 2.24) is 5.43 Å². The first-order chi connectivity index (χ1) is 12.5. The van der Waals surface area contributed by atoms with Gasteiger partial charge in [0.2, 0.25) is 5.91 Å². The van der Waals surface area contributed by atoms with E-state index in [-0.39, 0.29) is 19.1 Å². The Kier molecular flexibility index (Phi) is 6.37. The summed E-state index contributed by atoms with van der Waals surface area (Å²) in [7, 11) is 0. The molecule has 0 radical (unpaired) electrons. The Hall–Kier alpha value is -3.29. The molecule has 2 aromatic rings. The number of ether oxygens (including phenoxy) is 2. The standard InChI is InChI=1S/C18H21N3O5/c1-4-25-17(23)20-21(18(24)26-5-2)16-11-10-15(19-12(3)22)13-8-6-7-9-14(13)16/h6-11H,4-5H2,1-3H3,(H,19,22)(H,20,23). The highest BCUT2D eigenvalue weighted by Crippen LogP contribution is 2.32. The van der Waals surface area contributed by atoms with E-state index in [0.717, 1.165) is 5.01 Å². The van der Waals surface area contributed by atoms with E-state index in [4.69, 9.17) is 9.47 Å². The van der Waals surface area contributed by atoms with Crippen LogP contribution in [0.1, 0.15) is 20.8 Å². The van der Waals surface area contributed by atoms with Crippen molar-refractivity contribution in [3.8, 4) is 0 Å². The SMILES string of the molecule is CCOC(=O)NN(C(=O)OCC)c1ccc(NC(C)=O)c2ccccc12. The number of amides is 3. The Balaban J connectivity index is 2.53. The van der Waals surface area contributed by atoms with Gasteiger partial charge in [0.25, 0.3) is 0 Å². The maximum atomic E-state index is 12.4. The average Bonchev–Trinajstić information content (AvgIpc) is 2.60. The molecule has 0 aliphatic carbocycles. The van der Waals surface area contributed by atoms with E-state index in [0.29, 0.717) is 22.1 Å². The van der Waals surface area contributed by atoms with Crippen LogP contribution in [0.5, 0.6) is 0 Å². The van der Waals surface area contributed by atoms with Gasteiger partial charge in [0.05, 0.1) is 18.9 Å². The minimum atomic E-state index is -0.782. The van der Waals surface area contributed by atoms with Crippen LogP contribution in [0, 0.1) is 0 Å². The zero-order chi connectivity index (χ0) is 19.1. The molecule has 0 unspecified atom stereocenters. The van der Waals surface area contributed by atoms with Crippen LogP contribution in [0.4, 0.5) is 21.0 Å². The molecule has 2 N–H and O–H groups in total. The van der Waals surface area contributed by atoms with Crippen LogP contribution >= 0.6 is 0 Å². The lowest BCUT2D eigenvalue weighted by atomic mass is 10.1. The van der Waals surface area contributed by atoms with Gasteiger partial charge >= 0.3 is 12.2 Å². The Labute approximate surface area is 151 Å². The topological polar surface area (TPSA) is 97.0 Å². The molecule has 0 saturated heterocycles. The Morgan fingerprint density at radius 3 is 2.23 bits per heavy atom. The fourth-order valence-corrected chi connectivity index (χ4v) is 2.42. The fourth-order valence-electron chi connectivity index (χ4n) is 2.42. The molecule has 8 nitrogen and oxygen atoms in total. The van der Waals surface area contributed by atoms with Gasteiger partial charge in [-0.3, -0.25) is 4.79 Å². The summed E-state index contributed by atoms with van der Waals surface area (Å²) < 4.78 is 9.88. The lowest BCUT2D eigenvalue weighted by molar-refractivity contribution is -0.114. The highest BCUT2D eigenvalue weighted by molar-refractivity contribution is 6.09. The van der Waals surface area contributed by atoms with Gasteiger partial charge < -0.3 is 14.8 Å². The van der Waals surface area contributed by atoms with E-state index in [9.17, 15) is 14.4 Å². The van der Waals surface area contributed by atoms with Crippen molar-refractivity contribution >= 4 is 40.2 Å². The van der Waals surface area contributed by atoms with Gasteiger partial charge in [-0.05, 0) is 26.0 Å². The van der Waals surface area contributed by atoms with Crippen LogP contribution in [-0.2, 0) is 14.3 Å². The predicted octanol–water partition coefficient (Wildman–Crippen LogP) is 3.42. The fraction of sp³-hybridized carbons (Fsp3) is 0.278. The summed E-state index contributed by atoms with van der Waals surface area (Å²) in [5.41, 5.74) is 3.37. The molecule has 0 fully saturated rings. The monoisotopic (exact) mass is 359 g/mol. The van der Waals surface area contributed by atoms with E-state index in [2.05, 4.69) is 10.7 Å². The summed E-state index contributed by atoms with van der Waals surface area (Å²) in [6, 6.07) is 10.4. The lowest BCUT2D eigenvalue weighted by Crippen LogP contribution is -2.47. The number of nitrogens with zero attached hydrogens (tertiary/aromatic N) is 1. The highest BCUT2D eigenvalue weighted by atomic mass is 16.6. The van der Waals surface area contributed by atoms with E-state index >= 15 is 0 Å². The van der Waals surface area contributed by atoms with E-state index < -0.39 is 12.2 Å². The molecule has 26 heavy (non-hydrogen) atoms. The number of hydrazine groups is 1. The molecule has 0 bridgehead atoms. The molecule has 2 aromatic carbocycles. The minimum absolute atomic E-state index is 0.141. The normalized spacial score (nSPS) is 10.1. The molecule has 0 spiro atoms. The second kappa shape index (κ2) is 8.70. The van der Waals surface area contributed by atoms with E-state index in [1.165, 1.54) is 6.92 Å². The van der Waals surface area contributed by atoms with Crippen LogP contribution in [-0.4, -0.2) is 31.3 Å². The second-order valence-corrected chi connectivity index (χ2v) is 5.23. The molecule has 0 aliphatic rings. The molecule has 0 aromatic heterocycles. The third kappa shape index (κ3) is 4.41. The van der Waals surface area contributed by atoms with Gasteiger partial charge in [0, 0.05) is 23.4 Å². The molecular weight excluding hydrogens is 338 g/mol. The number of benzene rings is 2. The number of carbonyl (C=O) groups excluding carboxylic acids is 3. The van der Waals surface area contributed by atoms with Crippen molar-refractivity contribution in [1.29, 1.82) is 0 Å². The lowest BCUT2D eigenvalue weighted by Gasteiger charge is -2.24. The second-order valence-electron chi connectivity index (χ2n) is 5.23. The maximum Gasteiger partial charge on any atom is 0.433 e. The van der Waals surface area contributed by atoms with E-state index in [1.807, 2.05) is 6.07 Å². The van der Waals surface area contributed by atoms with E-state index in [1.54, 1.807) is 44.2 Å². The van der Waals surface area contributed by atoms with Crippen molar-refractivity contribution in [2.75, 3.05) is 23.5 Å². The first kappa shape index (κ1) is 19.0. The molecule has 0 heterocycles. The zero-order valence-electron chi connectivity index (χ0n) is 14.9. The van der Waals surface area contributed by atoms with Gasteiger partial charge in [-0.25, -0.2) is 15.0 Å². The molecule has 138 valence electrons. The van der Waals surface area contributed by atoms with Crippen molar-refractivity contribution in [2.24, 2.45) is 0 Å². The largest absolute Gasteiger partial charge is 0.449 e. The number of nitrogens with one attached hydrogen (secondary N) is 2. The van der Waals surface area contributed by atoms with Crippen LogP contribution in [0.15, 0.2) is 36.4 Å². The number of hydrogen-bond acceptors (Lipinski definition) is 5. The maximum absolute atomic E-state index is 12.4. The summed E-state index contributed by atoms with van der Waals surface area (Å²) in [6.45, 7) is 5.03. The van der Waals surface area contributed by atoms with Gasteiger partial charge in [-0.1, -0.05) is 24.3 Å². The molecular formula is C18H21N3O5.